The summed E-state index contributed by atoms with van der Waals surface area (Å²) in [4.78, 5) is 13.2. The number of amides is 1. The summed E-state index contributed by atoms with van der Waals surface area (Å²) in [5.41, 5.74) is 0. The fourth-order valence-corrected chi connectivity index (χ4v) is 12.0. The molecule has 0 aromatic heterocycles. The number of carbonyl (C=O) groups is 1. The number of aliphatic hydroxyl groups excluding tert-OH is 5. The molecule has 6 N–H and O–H groups in total. The van der Waals surface area contributed by atoms with Gasteiger partial charge in [0, 0.05) is 6.42 Å². The Hall–Kier alpha value is -3.41. The van der Waals surface area contributed by atoms with Gasteiger partial charge < -0.3 is 40.3 Å². The molecule has 1 amide bonds. The maximum Gasteiger partial charge on any atom is 0.220 e. The average Bonchev–Trinajstić information content (AvgIpc) is 1.01. The first-order valence-corrected chi connectivity index (χ1v) is 39.3. The molecule has 9 nitrogen and oxygen atoms in total. The van der Waals surface area contributed by atoms with Gasteiger partial charge in [-0.1, -0.05) is 367 Å². The van der Waals surface area contributed by atoms with Crippen LogP contribution >= 0.6 is 0 Å². The van der Waals surface area contributed by atoms with Gasteiger partial charge in [0.2, 0.25) is 5.91 Å². The molecule has 0 aliphatic carbocycles. The van der Waals surface area contributed by atoms with Crippen LogP contribution in [0.1, 0.15) is 348 Å². The molecular weight excluding hydrogens is 1150 g/mol. The van der Waals surface area contributed by atoms with Gasteiger partial charge in [-0.25, -0.2) is 0 Å². The molecule has 0 bridgehead atoms. The Kier molecular flexibility index (Phi) is 67.2. The highest BCUT2D eigenvalue weighted by atomic mass is 16.7. The molecule has 1 fully saturated rings. The molecule has 1 rings (SSSR count). The summed E-state index contributed by atoms with van der Waals surface area (Å²) in [6, 6.07) is -0.833. The van der Waals surface area contributed by atoms with Crippen LogP contribution in [0.15, 0.2) is 122 Å². The van der Waals surface area contributed by atoms with Gasteiger partial charge in [0.15, 0.2) is 6.29 Å². The first kappa shape index (κ1) is 87.6. The molecule has 0 spiro atoms. The molecule has 1 saturated heterocycles. The van der Waals surface area contributed by atoms with Gasteiger partial charge in [-0.15, -0.1) is 0 Å². The van der Waals surface area contributed by atoms with Crippen LogP contribution in [0.3, 0.4) is 0 Å². The van der Waals surface area contributed by atoms with Gasteiger partial charge in [0.1, 0.15) is 24.4 Å². The van der Waals surface area contributed by atoms with E-state index in [0.717, 1.165) is 89.9 Å². The zero-order chi connectivity index (χ0) is 67.1. The molecule has 536 valence electrons. The minimum atomic E-state index is -1.58. The van der Waals surface area contributed by atoms with Crippen LogP contribution in [0, 0.1) is 0 Å². The predicted molar refractivity (Wildman–Crippen MR) is 400 cm³/mol. The van der Waals surface area contributed by atoms with Crippen molar-refractivity contribution in [2.24, 2.45) is 0 Å². The Bertz CT molecular complexity index is 1890. The van der Waals surface area contributed by atoms with E-state index in [0.29, 0.717) is 6.42 Å². The van der Waals surface area contributed by atoms with E-state index in [1.807, 2.05) is 6.08 Å². The van der Waals surface area contributed by atoms with Crippen LogP contribution in [0.5, 0.6) is 0 Å². The molecule has 7 unspecified atom stereocenters. The molecule has 9 heteroatoms. The van der Waals surface area contributed by atoms with Crippen LogP contribution < -0.4 is 5.32 Å². The third-order valence-electron chi connectivity index (χ3n) is 18.0. The molecule has 1 aliphatic heterocycles. The van der Waals surface area contributed by atoms with Gasteiger partial charge in [-0.2, -0.15) is 0 Å². The Morgan fingerprint density at radius 2 is 0.677 bits per heavy atom. The zero-order valence-corrected chi connectivity index (χ0v) is 60.2. The Morgan fingerprint density at radius 1 is 0.376 bits per heavy atom. The molecule has 7 atom stereocenters. The van der Waals surface area contributed by atoms with Crippen molar-refractivity contribution in [3.05, 3.63) is 122 Å². The number of ether oxygens (including phenoxy) is 2. The lowest BCUT2D eigenvalue weighted by Crippen LogP contribution is -2.60. The Balaban J connectivity index is 2.12. The highest BCUT2D eigenvalue weighted by Gasteiger charge is 2.44. The van der Waals surface area contributed by atoms with Gasteiger partial charge in [-0.05, 0) is 96.3 Å². The maximum absolute atomic E-state index is 13.2. The second-order valence-electron chi connectivity index (χ2n) is 26.8. The normalized spacial score (nSPS) is 18.3. The van der Waals surface area contributed by atoms with E-state index in [1.165, 1.54) is 238 Å². The molecule has 0 aromatic rings. The van der Waals surface area contributed by atoms with Crippen molar-refractivity contribution in [2.75, 3.05) is 13.2 Å². The van der Waals surface area contributed by atoms with Gasteiger partial charge in [-0.3, -0.25) is 4.79 Å². The molecule has 0 aromatic carbocycles. The number of aliphatic hydroxyl groups is 5. The van der Waals surface area contributed by atoms with Gasteiger partial charge in [0.05, 0.1) is 25.4 Å². The first-order chi connectivity index (χ1) is 45.8. The quantitative estimate of drug-likeness (QED) is 0.0261. The summed E-state index contributed by atoms with van der Waals surface area (Å²) in [5.74, 6) is -0.189. The molecule has 93 heavy (non-hydrogen) atoms. The van der Waals surface area contributed by atoms with Crippen LogP contribution in [-0.2, 0) is 14.3 Å². The van der Waals surface area contributed by atoms with Crippen molar-refractivity contribution in [1.82, 2.24) is 5.32 Å². The predicted octanol–water partition coefficient (Wildman–Crippen LogP) is 22.5. The summed E-state index contributed by atoms with van der Waals surface area (Å²) in [7, 11) is 0. The summed E-state index contributed by atoms with van der Waals surface area (Å²) in [5, 5.41) is 54.9. The highest BCUT2D eigenvalue weighted by Crippen LogP contribution is 2.23. The van der Waals surface area contributed by atoms with Crippen molar-refractivity contribution >= 4 is 5.91 Å². The van der Waals surface area contributed by atoms with E-state index in [9.17, 15) is 30.3 Å². The lowest BCUT2D eigenvalue weighted by Gasteiger charge is -2.40. The van der Waals surface area contributed by atoms with Crippen LogP contribution in [0.2, 0.25) is 0 Å². The van der Waals surface area contributed by atoms with E-state index >= 15 is 0 Å². The molecular formula is C84H147NO8. The number of hydrogen-bond donors (Lipinski definition) is 6. The lowest BCUT2D eigenvalue weighted by molar-refractivity contribution is -0.302. The highest BCUT2D eigenvalue weighted by molar-refractivity contribution is 5.76. The van der Waals surface area contributed by atoms with E-state index in [-0.39, 0.29) is 12.5 Å². The zero-order valence-electron chi connectivity index (χ0n) is 60.2. The van der Waals surface area contributed by atoms with Crippen LogP contribution in [0.4, 0.5) is 0 Å². The summed E-state index contributed by atoms with van der Waals surface area (Å²) < 4.78 is 11.3. The van der Waals surface area contributed by atoms with E-state index in [4.69, 9.17) is 9.47 Å². The monoisotopic (exact) mass is 1300 g/mol. The first-order valence-electron chi connectivity index (χ1n) is 39.3. The second kappa shape index (κ2) is 71.4. The van der Waals surface area contributed by atoms with E-state index < -0.39 is 49.5 Å². The summed E-state index contributed by atoms with van der Waals surface area (Å²) in [6.45, 7) is 3.68. The van der Waals surface area contributed by atoms with Crippen molar-refractivity contribution in [1.29, 1.82) is 0 Å². The smallest absolute Gasteiger partial charge is 0.220 e. The van der Waals surface area contributed by atoms with Gasteiger partial charge >= 0.3 is 0 Å². The number of unbranched alkanes of at least 4 members (excludes halogenated alkanes) is 40. The third kappa shape index (κ3) is 59.6. The molecule has 1 aliphatic rings. The van der Waals surface area contributed by atoms with E-state index in [2.05, 4.69) is 129 Å². The number of nitrogens with one attached hydrogen (secondary N) is 1. The number of rotatable bonds is 68. The largest absolute Gasteiger partial charge is 0.394 e. The minimum Gasteiger partial charge on any atom is -0.394 e. The summed E-state index contributed by atoms with van der Waals surface area (Å²) in [6.07, 6.45) is 100. The Labute approximate surface area is 573 Å². The van der Waals surface area contributed by atoms with Crippen LogP contribution in [0.25, 0.3) is 0 Å². The number of hydrogen-bond acceptors (Lipinski definition) is 8. The summed E-state index contributed by atoms with van der Waals surface area (Å²) >= 11 is 0. The van der Waals surface area contributed by atoms with Crippen molar-refractivity contribution < 1.29 is 39.8 Å². The minimum absolute atomic E-state index is 0.189. The van der Waals surface area contributed by atoms with Gasteiger partial charge in [0.25, 0.3) is 0 Å². The number of carbonyl (C=O) groups excluding carboxylic acids is 1. The van der Waals surface area contributed by atoms with Crippen molar-refractivity contribution in [2.45, 2.75) is 391 Å². The molecule has 1 heterocycles. The van der Waals surface area contributed by atoms with Crippen molar-refractivity contribution in [3.63, 3.8) is 0 Å². The SMILES string of the molecule is CC/C=C\C/C=C\C/C=C\C/C=C\C/C=C\C/C=C\C/C=C\C/C=C\CCCCCCCCCCCCCCC(=O)NC(COC1OC(CO)C(O)C(O)C1O)C(O)/C=C/CC/C=C/CCCCCCCCCCCCCCCCCCCCCCCCCCCCC. The average molecular weight is 1300 g/mol. The van der Waals surface area contributed by atoms with E-state index in [1.54, 1.807) is 6.08 Å². The molecule has 0 radical (unpaired) electrons. The lowest BCUT2D eigenvalue weighted by atomic mass is 9.99. The third-order valence-corrected chi connectivity index (χ3v) is 18.0. The maximum atomic E-state index is 13.2. The fourth-order valence-electron chi connectivity index (χ4n) is 12.0. The Morgan fingerprint density at radius 3 is 1.03 bits per heavy atom. The standard InChI is InChI=1S/C84H147NO8/c1-3-5-7-9-11-13-15-17-19-21-23-25-27-29-31-33-35-37-38-39-40-42-44-46-48-50-52-54-56-58-60-62-64-66-68-70-72-74-80(88)85-77(76-92-84-83(91)82(90)81(89)79(75-86)93-84)78(87)73-71-69-67-65-63-61-59-57-55-53-51-49-47-45-43-41-36-34-32-30-28-26-24-22-20-18-16-14-12-10-8-6-4-2/h5,7,11,13,17,19,23,25,29,31,35,37,39-40,44,46,63,65,71,73,77-79,81-84,86-87,89-91H,3-4,6,8-10,12,14-16,18,20-22,24,26-28,30,32-34,36,38,41-43,45,47-62,64,66-70,72,74-76H2,1-2H3,(H,85,88)/b7-5-,13-11-,19-17-,25-23-,31-29-,37-35-,40-39-,46-44-,65-63+,73-71+. The van der Waals surface area contributed by atoms with Crippen molar-refractivity contribution in [3.8, 4) is 0 Å². The second-order valence-corrected chi connectivity index (χ2v) is 26.8. The topological polar surface area (TPSA) is 149 Å². The number of allylic oxidation sites excluding steroid dienone is 19. The molecule has 0 saturated carbocycles. The fraction of sp³-hybridized carbons (Fsp3) is 0.750. The van der Waals surface area contributed by atoms with Crippen LogP contribution in [-0.4, -0.2) is 87.5 Å².